The monoisotopic (exact) mass is 398 g/mol. The Kier molecular flexibility index (Phi) is 5.36. The summed E-state index contributed by atoms with van der Waals surface area (Å²) in [7, 11) is 0. The van der Waals surface area contributed by atoms with Crippen LogP contribution in [0.2, 0.25) is 0 Å². The van der Waals surface area contributed by atoms with Crippen LogP contribution in [0.3, 0.4) is 0 Å². The Morgan fingerprint density at radius 3 is 2.93 bits per heavy atom. The van der Waals surface area contributed by atoms with Crippen LogP contribution in [0.5, 0.6) is 5.75 Å². The molecule has 0 spiro atoms. The lowest BCUT2D eigenvalue weighted by atomic mass is 10.2. The first kappa shape index (κ1) is 18.3. The quantitative estimate of drug-likeness (QED) is 0.252. The van der Waals surface area contributed by atoms with Gasteiger partial charge in [0.25, 0.3) is 5.56 Å². The van der Waals surface area contributed by atoms with Crippen LogP contribution in [-0.2, 0) is 19.4 Å². The van der Waals surface area contributed by atoms with Crippen LogP contribution in [-0.4, -0.2) is 21.9 Å². The SMILES string of the molecule is C=CCn1c(SCCOc2ccc(C)cc2)nc2sc3c(c2c1=O)CCC3. The van der Waals surface area contributed by atoms with E-state index in [1.54, 1.807) is 33.7 Å². The molecule has 0 saturated carbocycles. The summed E-state index contributed by atoms with van der Waals surface area (Å²) in [5, 5.41) is 1.58. The molecule has 0 unspecified atom stereocenters. The normalized spacial score (nSPS) is 13.1. The Balaban J connectivity index is 1.53. The molecular weight excluding hydrogens is 376 g/mol. The molecule has 0 atom stereocenters. The summed E-state index contributed by atoms with van der Waals surface area (Å²) in [5.41, 5.74) is 2.51. The predicted molar refractivity (Wildman–Crippen MR) is 114 cm³/mol. The molecule has 0 radical (unpaired) electrons. The Morgan fingerprint density at radius 2 is 2.15 bits per heavy atom. The van der Waals surface area contributed by atoms with Gasteiger partial charge in [0.15, 0.2) is 5.16 Å². The van der Waals surface area contributed by atoms with E-state index < -0.39 is 0 Å². The molecule has 0 amide bonds. The number of thiophene rings is 1. The number of hydrogen-bond donors (Lipinski definition) is 0. The molecule has 0 fully saturated rings. The maximum absolute atomic E-state index is 13.1. The molecule has 27 heavy (non-hydrogen) atoms. The van der Waals surface area contributed by atoms with Gasteiger partial charge >= 0.3 is 0 Å². The topological polar surface area (TPSA) is 44.1 Å². The second-order valence-electron chi connectivity index (χ2n) is 6.65. The van der Waals surface area contributed by atoms with E-state index in [1.807, 2.05) is 24.3 Å². The van der Waals surface area contributed by atoms with Crippen molar-refractivity contribution in [3.8, 4) is 5.75 Å². The van der Waals surface area contributed by atoms with E-state index in [0.717, 1.165) is 46.1 Å². The van der Waals surface area contributed by atoms with Crippen LogP contribution in [0.1, 0.15) is 22.4 Å². The fraction of sp³-hybridized carbons (Fsp3) is 0.333. The molecule has 1 aliphatic carbocycles. The molecule has 0 aliphatic heterocycles. The van der Waals surface area contributed by atoms with Crippen molar-refractivity contribution in [2.75, 3.05) is 12.4 Å². The van der Waals surface area contributed by atoms with Crippen LogP contribution in [0.15, 0.2) is 46.9 Å². The first-order chi connectivity index (χ1) is 13.2. The van der Waals surface area contributed by atoms with Crippen molar-refractivity contribution < 1.29 is 4.74 Å². The fourth-order valence-electron chi connectivity index (χ4n) is 3.39. The number of allylic oxidation sites excluding steroid dienone is 1. The summed E-state index contributed by atoms with van der Waals surface area (Å²) < 4.78 is 7.54. The van der Waals surface area contributed by atoms with Gasteiger partial charge in [0.05, 0.1) is 12.0 Å². The lowest BCUT2D eigenvalue weighted by Crippen LogP contribution is -2.23. The van der Waals surface area contributed by atoms with Crippen molar-refractivity contribution in [3.63, 3.8) is 0 Å². The van der Waals surface area contributed by atoms with Crippen LogP contribution < -0.4 is 10.3 Å². The van der Waals surface area contributed by atoms with Gasteiger partial charge in [-0.05, 0) is 43.9 Å². The van der Waals surface area contributed by atoms with Gasteiger partial charge in [-0.1, -0.05) is 35.5 Å². The van der Waals surface area contributed by atoms with Gasteiger partial charge in [0.2, 0.25) is 0 Å². The molecule has 4 rings (SSSR count). The van der Waals surface area contributed by atoms with E-state index in [2.05, 4.69) is 13.5 Å². The Morgan fingerprint density at radius 1 is 1.33 bits per heavy atom. The van der Waals surface area contributed by atoms with E-state index >= 15 is 0 Å². The highest BCUT2D eigenvalue weighted by Crippen LogP contribution is 2.35. The lowest BCUT2D eigenvalue weighted by molar-refractivity contribution is 0.343. The molecule has 2 aromatic heterocycles. The Labute approximate surface area is 166 Å². The number of benzene rings is 1. The van der Waals surface area contributed by atoms with Gasteiger partial charge in [-0.2, -0.15) is 0 Å². The average molecular weight is 399 g/mol. The highest BCUT2D eigenvalue weighted by Gasteiger charge is 2.23. The average Bonchev–Trinajstić information content (AvgIpc) is 3.24. The third-order valence-electron chi connectivity index (χ3n) is 4.71. The molecule has 6 heteroatoms. The number of aromatic nitrogens is 2. The number of aryl methyl sites for hydroxylation is 3. The zero-order chi connectivity index (χ0) is 18.8. The molecule has 1 aromatic carbocycles. The molecule has 0 N–H and O–H groups in total. The molecule has 0 bridgehead atoms. The minimum Gasteiger partial charge on any atom is -0.493 e. The van der Waals surface area contributed by atoms with Crippen LogP contribution in [0, 0.1) is 6.92 Å². The number of fused-ring (bicyclic) bond motifs is 3. The van der Waals surface area contributed by atoms with Gasteiger partial charge in [-0.25, -0.2) is 4.98 Å². The van der Waals surface area contributed by atoms with Crippen molar-refractivity contribution in [3.05, 3.63) is 63.3 Å². The predicted octanol–water partition coefficient (Wildman–Crippen LogP) is 4.61. The van der Waals surface area contributed by atoms with Crippen LogP contribution in [0.25, 0.3) is 10.2 Å². The zero-order valence-corrected chi connectivity index (χ0v) is 17.0. The lowest BCUT2D eigenvalue weighted by Gasteiger charge is -2.11. The highest BCUT2D eigenvalue weighted by molar-refractivity contribution is 7.99. The number of rotatable bonds is 7. The van der Waals surface area contributed by atoms with E-state index in [-0.39, 0.29) is 5.56 Å². The molecule has 2 heterocycles. The largest absolute Gasteiger partial charge is 0.493 e. The summed E-state index contributed by atoms with van der Waals surface area (Å²) in [5.74, 6) is 1.59. The van der Waals surface area contributed by atoms with E-state index in [9.17, 15) is 4.79 Å². The summed E-state index contributed by atoms with van der Waals surface area (Å²) in [6.07, 6.45) is 4.97. The van der Waals surface area contributed by atoms with Gasteiger partial charge in [0.1, 0.15) is 10.6 Å². The molecule has 3 aromatic rings. The smallest absolute Gasteiger partial charge is 0.263 e. The highest BCUT2D eigenvalue weighted by atomic mass is 32.2. The maximum Gasteiger partial charge on any atom is 0.263 e. The molecule has 1 aliphatic rings. The van der Waals surface area contributed by atoms with Gasteiger partial charge in [-0.3, -0.25) is 9.36 Å². The fourth-order valence-corrected chi connectivity index (χ4v) is 5.51. The van der Waals surface area contributed by atoms with Gasteiger partial charge < -0.3 is 4.74 Å². The van der Waals surface area contributed by atoms with Crippen molar-refractivity contribution in [1.29, 1.82) is 0 Å². The van der Waals surface area contributed by atoms with E-state index in [1.165, 1.54) is 16.0 Å². The zero-order valence-electron chi connectivity index (χ0n) is 15.4. The minimum atomic E-state index is 0.0706. The van der Waals surface area contributed by atoms with Crippen LogP contribution in [0.4, 0.5) is 0 Å². The second kappa shape index (κ2) is 7.90. The third-order valence-corrected chi connectivity index (χ3v) is 6.83. The molecule has 0 saturated heterocycles. The first-order valence-corrected chi connectivity index (χ1v) is 11.0. The Hall–Kier alpha value is -2.05. The molecule has 140 valence electrons. The van der Waals surface area contributed by atoms with Crippen LogP contribution >= 0.6 is 23.1 Å². The van der Waals surface area contributed by atoms with E-state index in [0.29, 0.717) is 13.2 Å². The number of nitrogens with zero attached hydrogens (tertiary/aromatic N) is 2. The first-order valence-electron chi connectivity index (χ1n) is 9.15. The Bertz CT molecular complexity index is 1040. The molecule has 4 nitrogen and oxygen atoms in total. The number of hydrogen-bond acceptors (Lipinski definition) is 5. The summed E-state index contributed by atoms with van der Waals surface area (Å²) in [4.78, 5) is 20.1. The number of thioether (sulfide) groups is 1. The minimum absolute atomic E-state index is 0.0706. The van der Waals surface area contributed by atoms with Crippen molar-refractivity contribution in [2.24, 2.45) is 0 Å². The summed E-state index contributed by atoms with van der Waals surface area (Å²) in [6.45, 7) is 6.90. The second-order valence-corrected chi connectivity index (χ2v) is 8.79. The maximum atomic E-state index is 13.1. The summed E-state index contributed by atoms with van der Waals surface area (Å²) >= 11 is 3.25. The van der Waals surface area contributed by atoms with Crippen molar-refractivity contribution in [1.82, 2.24) is 9.55 Å². The van der Waals surface area contributed by atoms with E-state index in [4.69, 9.17) is 9.72 Å². The third kappa shape index (κ3) is 3.69. The van der Waals surface area contributed by atoms with Gasteiger partial charge in [0, 0.05) is 17.2 Å². The van der Waals surface area contributed by atoms with Crippen molar-refractivity contribution >= 4 is 33.3 Å². The van der Waals surface area contributed by atoms with Gasteiger partial charge in [-0.15, -0.1) is 17.9 Å². The standard InChI is InChI=1S/C21H22N2O2S2/c1-3-11-23-20(24)18-16-5-4-6-17(16)27-19(18)22-21(23)26-13-12-25-15-9-7-14(2)8-10-15/h3,7-10H,1,4-6,11-13H2,2H3. The number of ether oxygens (including phenoxy) is 1. The van der Waals surface area contributed by atoms with Crippen molar-refractivity contribution in [2.45, 2.75) is 37.9 Å². The molecular formula is C21H22N2O2S2. The summed E-state index contributed by atoms with van der Waals surface area (Å²) in [6, 6.07) is 8.03.